The number of hydrogen-bond donors (Lipinski definition) is 1. The van der Waals surface area contributed by atoms with E-state index < -0.39 is 0 Å². The average Bonchev–Trinajstić information content (AvgIpc) is 2.70. The molecule has 3 rings (SSSR count). The van der Waals surface area contributed by atoms with Gasteiger partial charge in [0.2, 0.25) is 0 Å². The second-order valence-corrected chi connectivity index (χ2v) is 6.36. The second-order valence-electron chi connectivity index (χ2n) is 6.36. The van der Waals surface area contributed by atoms with Crippen molar-refractivity contribution in [2.75, 3.05) is 13.7 Å². The number of carbonyl (C=O) groups excluding carboxylic acids is 1. The number of aromatic hydroxyl groups is 1. The van der Waals surface area contributed by atoms with Gasteiger partial charge in [-0.05, 0) is 60.9 Å². The van der Waals surface area contributed by atoms with Crippen molar-refractivity contribution in [3.63, 3.8) is 0 Å². The van der Waals surface area contributed by atoms with Gasteiger partial charge in [-0.2, -0.15) is 0 Å². The molecule has 0 saturated heterocycles. The third-order valence-corrected chi connectivity index (χ3v) is 4.52. The molecular formula is C23H23NO4. The number of benzene rings is 2. The first kappa shape index (κ1) is 19.4. The Labute approximate surface area is 164 Å². The maximum Gasteiger partial charge on any atom is 0.311 e. The van der Waals surface area contributed by atoms with Gasteiger partial charge in [0, 0.05) is 5.56 Å². The van der Waals surface area contributed by atoms with Crippen LogP contribution < -0.4 is 4.74 Å². The van der Waals surface area contributed by atoms with Crippen LogP contribution in [0, 0.1) is 6.92 Å². The molecule has 0 fully saturated rings. The molecule has 0 aliphatic heterocycles. The van der Waals surface area contributed by atoms with E-state index in [0.717, 1.165) is 22.4 Å². The number of para-hydroxylation sites is 1. The zero-order chi connectivity index (χ0) is 20.1. The Balaban J connectivity index is 2.15. The molecule has 0 atom stereocenters. The van der Waals surface area contributed by atoms with Gasteiger partial charge in [0.05, 0.1) is 31.5 Å². The molecule has 0 amide bonds. The fourth-order valence-electron chi connectivity index (χ4n) is 3.12. The number of esters is 1. The van der Waals surface area contributed by atoms with Gasteiger partial charge in [0.1, 0.15) is 11.5 Å². The van der Waals surface area contributed by atoms with E-state index in [9.17, 15) is 9.90 Å². The van der Waals surface area contributed by atoms with E-state index in [1.165, 1.54) is 0 Å². The minimum absolute atomic E-state index is 0.0673. The van der Waals surface area contributed by atoms with E-state index in [0.29, 0.717) is 23.6 Å². The number of nitrogens with zero attached hydrogens (tertiary/aromatic N) is 1. The topological polar surface area (TPSA) is 68.7 Å². The summed E-state index contributed by atoms with van der Waals surface area (Å²) < 4.78 is 10.3. The van der Waals surface area contributed by atoms with Crippen LogP contribution in [0.25, 0.3) is 22.4 Å². The average molecular weight is 377 g/mol. The van der Waals surface area contributed by atoms with Crippen LogP contribution in [0.4, 0.5) is 0 Å². The molecule has 144 valence electrons. The summed E-state index contributed by atoms with van der Waals surface area (Å²) in [6, 6.07) is 16.7. The van der Waals surface area contributed by atoms with Crippen LogP contribution in [0.5, 0.6) is 11.5 Å². The second kappa shape index (κ2) is 8.57. The Morgan fingerprint density at radius 1 is 1.07 bits per heavy atom. The van der Waals surface area contributed by atoms with Crippen molar-refractivity contribution in [1.82, 2.24) is 4.98 Å². The molecule has 3 aromatic rings. The number of phenolic OH excluding ortho intramolecular Hbond substituents is 1. The number of phenols is 1. The quantitative estimate of drug-likeness (QED) is 0.639. The van der Waals surface area contributed by atoms with E-state index in [1.807, 2.05) is 49.4 Å². The summed E-state index contributed by atoms with van der Waals surface area (Å²) in [5.74, 6) is 0.581. The van der Waals surface area contributed by atoms with Crippen LogP contribution in [-0.4, -0.2) is 29.8 Å². The first-order valence-electron chi connectivity index (χ1n) is 9.12. The standard InChI is InChI=1S/C23H23NO4/c1-4-28-22(26)14-17-13-20(16-9-11-18(27-3)12-10-16)15(2)23(24-17)19-7-5-6-8-21(19)25/h5-13,25H,4,14H2,1-3H3. The predicted molar refractivity (Wildman–Crippen MR) is 108 cm³/mol. The van der Waals surface area contributed by atoms with E-state index in [1.54, 1.807) is 26.2 Å². The van der Waals surface area contributed by atoms with Gasteiger partial charge in [-0.3, -0.25) is 9.78 Å². The zero-order valence-electron chi connectivity index (χ0n) is 16.2. The van der Waals surface area contributed by atoms with E-state index in [-0.39, 0.29) is 18.1 Å². The lowest BCUT2D eigenvalue weighted by Gasteiger charge is -2.15. The van der Waals surface area contributed by atoms with Gasteiger partial charge in [-0.25, -0.2) is 0 Å². The van der Waals surface area contributed by atoms with Gasteiger partial charge < -0.3 is 14.6 Å². The number of hydrogen-bond acceptors (Lipinski definition) is 5. The van der Waals surface area contributed by atoms with Crippen LogP contribution in [0.3, 0.4) is 0 Å². The van der Waals surface area contributed by atoms with Crippen molar-refractivity contribution >= 4 is 5.97 Å². The van der Waals surface area contributed by atoms with Crippen molar-refractivity contribution < 1.29 is 19.4 Å². The highest BCUT2D eigenvalue weighted by Crippen LogP contribution is 2.35. The molecule has 0 aliphatic rings. The maximum absolute atomic E-state index is 12.0. The van der Waals surface area contributed by atoms with Crippen LogP contribution in [-0.2, 0) is 16.0 Å². The highest BCUT2D eigenvalue weighted by atomic mass is 16.5. The largest absolute Gasteiger partial charge is 0.507 e. The molecular weight excluding hydrogens is 354 g/mol. The Kier molecular flexibility index (Phi) is 5.94. The summed E-state index contributed by atoms with van der Waals surface area (Å²) in [5.41, 5.74) is 4.69. The minimum Gasteiger partial charge on any atom is -0.507 e. The molecule has 28 heavy (non-hydrogen) atoms. The molecule has 2 aromatic carbocycles. The number of rotatable bonds is 6. The Bertz CT molecular complexity index is 980. The molecule has 0 saturated carbocycles. The number of pyridine rings is 1. The Morgan fingerprint density at radius 3 is 2.43 bits per heavy atom. The summed E-state index contributed by atoms with van der Waals surface area (Å²) in [5, 5.41) is 10.3. The summed E-state index contributed by atoms with van der Waals surface area (Å²) in [6.07, 6.45) is 0.0673. The highest BCUT2D eigenvalue weighted by molar-refractivity contribution is 5.80. The fourth-order valence-corrected chi connectivity index (χ4v) is 3.12. The summed E-state index contributed by atoms with van der Waals surface area (Å²) in [6.45, 7) is 4.06. The molecule has 0 spiro atoms. The normalized spacial score (nSPS) is 10.5. The summed E-state index contributed by atoms with van der Waals surface area (Å²) >= 11 is 0. The number of aromatic nitrogens is 1. The predicted octanol–water partition coefficient (Wildman–Crippen LogP) is 4.54. The first-order chi connectivity index (χ1) is 13.5. The summed E-state index contributed by atoms with van der Waals surface area (Å²) in [4.78, 5) is 16.7. The zero-order valence-corrected chi connectivity index (χ0v) is 16.2. The van der Waals surface area contributed by atoms with Crippen molar-refractivity contribution in [2.24, 2.45) is 0 Å². The van der Waals surface area contributed by atoms with Crippen molar-refractivity contribution in [2.45, 2.75) is 20.3 Å². The summed E-state index contributed by atoms with van der Waals surface area (Å²) in [7, 11) is 1.63. The third-order valence-electron chi connectivity index (χ3n) is 4.52. The van der Waals surface area contributed by atoms with E-state index >= 15 is 0 Å². The van der Waals surface area contributed by atoms with Gasteiger partial charge >= 0.3 is 5.97 Å². The van der Waals surface area contributed by atoms with Gasteiger partial charge in [-0.1, -0.05) is 24.3 Å². The molecule has 0 bridgehead atoms. The monoisotopic (exact) mass is 377 g/mol. The van der Waals surface area contributed by atoms with Crippen molar-refractivity contribution in [3.05, 3.63) is 65.9 Å². The lowest BCUT2D eigenvalue weighted by Crippen LogP contribution is -2.10. The molecule has 5 heteroatoms. The molecule has 1 heterocycles. The lowest BCUT2D eigenvalue weighted by molar-refractivity contribution is -0.142. The lowest BCUT2D eigenvalue weighted by atomic mass is 9.95. The van der Waals surface area contributed by atoms with Crippen LogP contribution >= 0.6 is 0 Å². The first-order valence-corrected chi connectivity index (χ1v) is 9.12. The van der Waals surface area contributed by atoms with Crippen LogP contribution in [0.15, 0.2) is 54.6 Å². The number of ether oxygens (including phenoxy) is 2. The van der Waals surface area contributed by atoms with Gasteiger partial charge in [-0.15, -0.1) is 0 Å². The van der Waals surface area contributed by atoms with Crippen LogP contribution in [0.2, 0.25) is 0 Å². The fraction of sp³-hybridized carbons (Fsp3) is 0.217. The number of methoxy groups -OCH3 is 1. The van der Waals surface area contributed by atoms with Crippen LogP contribution in [0.1, 0.15) is 18.2 Å². The molecule has 5 nitrogen and oxygen atoms in total. The molecule has 1 N–H and O–H groups in total. The van der Waals surface area contributed by atoms with Crippen molar-refractivity contribution in [1.29, 1.82) is 0 Å². The highest BCUT2D eigenvalue weighted by Gasteiger charge is 2.17. The van der Waals surface area contributed by atoms with Gasteiger partial charge in [0.15, 0.2) is 0 Å². The third kappa shape index (κ3) is 4.14. The minimum atomic E-state index is -0.331. The Morgan fingerprint density at radius 2 is 1.79 bits per heavy atom. The molecule has 0 radical (unpaired) electrons. The number of carbonyl (C=O) groups is 1. The molecule has 0 aliphatic carbocycles. The van der Waals surface area contributed by atoms with Crippen molar-refractivity contribution in [3.8, 4) is 33.9 Å². The molecule has 1 aromatic heterocycles. The smallest absolute Gasteiger partial charge is 0.311 e. The SMILES string of the molecule is CCOC(=O)Cc1cc(-c2ccc(OC)cc2)c(C)c(-c2ccccc2O)n1. The Hall–Kier alpha value is -3.34. The van der Waals surface area contributed by atoms with E-state index in [4.69, 9.17) is 9.47 Å². The maximum atomic E-state index is 12.0. The van der Waals surface area contributed by atoms with Gasteiger partial charge in [0.25, 0.3) is 0 Å². The van der Waals surface area contributed by atoms with E-state index in [2.05, 4.69) is 4.98 Å². The molecule has 0 unspecified atom stereocenters.